The van der Waals surface area contributed by atoms with Crippen LogP contribution in [0, 0.1) is 6.92 Å². The SMILES string of the molecule is CCCCCCCN[S+]([O-])c1ccc(C)cc1. The van der Waals surface area contributed by atoms with Gasteiger partial charge in [-0.2, -0.15) is 0 Å². The van der Waals surface area contributed by atoms with E-state index in [-0.39, 0.29) is 0 Å². The van der Waals surface area contributed by atoms with Crippen LogP contribution in [-0.2, 0) is 11.4 Å². The number of nitrogens with one attached hydrogen (secondary N) is 1. The number of unbranched alkanes of at least 4 members (excludes halogenated alkanes) is 4. The Balaban J connectivity index is 2.16. The molecule has 0 saturated heterocycles. The molecule has 2 nitrogen and oxygen atoms in total. The average molecular weight is 253 g/mol. The quantitative estimate of drug-likeness (QED) is 0.568. The zero-order chi connectivity index (χ0) is 12.5. The number of hydrogen-bond donors (Lipinski definition) is 1. The van der Waals surface area contributed by atoms with Gasteiger partial charge in [0.25, 0.3) is 0 Å². The van der Waals surface area contributed by atoms with Crippen molar-refractivity contribution in [3.8, 4) is 0 Å². The lowest BCUT2D eigenvalue weighted by Gasteiger charge is -2.10. The minimum absolute atomic E-state index is 0.838. The van der Waals surface area contributed by atoms with Crippen LogP contribution in [0.15, 0.2) is 29.2 Å². The van der Waals surface area contributed by atoms with Gasteiger partial charge in [-0.3, -0.25) is 0 Å². The van der Waals surface area contributed by atoms with Crippen LogP contribution in [0.25, 0.3) is 0 Å². The van der Waals surface area contributed by atoms with Crippen LogP contribution in [0.1, 0.15) is 44.6 Å². The fraction of sp³-hybridized carbons (Fsp3) is 0.571. The zero-order valence-corrected chi connectivity index (χ0v) is 11.7. The van der Waals surface area contributed by atoms with Gasteiger partial charge in [0.15, 0.2) is 4.90 Å². The van der Waals surface area contributed by atoms with Crippen LogP contribution < -0.4 is 4.72 Å². The molecule has 0 amide bonds. The molecule has 0 aliphatic carbocycles. The van der Waals surface area contributed by atoms with E-state index in [1.165, 1.54) is 31.2 Å². The largest absolute Gasteiger partial charge is 0.593 e. The van der Waals surface area contributed by atoms with Gasteiger partial charge in [-0.1, -0.05) is 50.3 Å². The fourth-order valence-electron chi connectivity index (χ4n) is 1.64. The van der Waals surface area contributed by atoms with Crippen molar-refractivity contribution in [2.24, 2.45) is 0 Å². The Morgan fingerprint density at radius 2 is 1.71 bits per heavy atom. The van der Waals surface area contributed by atoms with Crippen LogP contribution in [0.4, 0.5) is 0 Å². The van der Waals surface area contributed by atoms with E-state index < -0.39 is 11.4 Å². The molecule has 0 aliphatic heterocycles. The van der Waals surface area contributed by atoms with Crippen molar-refractivity contribution in [3.05, 3.63) is 29.8 Å². The first-order valence-corrected chi connectivity index (χ1v) is 7.61. The summed E-state index contributed by atoms with van der Waals surface area (Å²) in [4.78, 5) is 0.865. The Morgan fingerprint density at radius 1 is 1.06 bits per heavy atom. The molecule has 96 valence electrons. The summed E-state index contributed by atoms with van der Waals surface area (Å²) in [6, 6.07) is 7.84. The van der Waals surface area contributed by atoms with Crippen molar-refractivity contribution >= 4 is 11.4 Å². The maximum absolute atomic E-state index is 11.8. The summed E-state index contributed by atoms with van der Waals surface area (Å²) in [5.41, 5.74) is 1.20. The van der Waals surface area contributed by atoms with Crippen LogP contribution in [0.2, 0.25) is 0 Å². The average Bonchev–Trinajstić information content (AvgIpc) is 2.34. The summed E-state index contributed by atoms with van der Waals surface area (Å²) in [7, 11) is 0. The highest BCUT2D eigenvalue weighted by Crippen LogP contribution is 2.10. The second-order valence-corrected chi connectivity index (χ2v) is 5.69. The Labute approximate surface area is 108 Å². The van der Waals surface area contributed by atoms with E-state index >= 15 is 0 Å². The van der Waals surface area contributed by atoms with E-state index in [2.05, 4.69) is 11.6 Å². The number of hydrogen-bond acceptors (Lipinski definition) is 2. The molecule has 1 rings (SSSR count). The number of aryl methyl sites for hydroxylation is 1. The molecule has 0 bridgehead atoms. The standard InChI is InChI=1S/C14H23NOS/c1-3-4-5-6-7-12-15-17(16)14-10-8-13(2)9-11-14/h8-11,15H,3-7,12H2,1-2H3. The van der Waals surface area contributed by atoms with Gasteiger partial charge in [-0.25, -0.2) is 0 Å². The fourth-order valence-corrected chi connectivity index (χ4v) is 2.52. The molecule has 3 heteroatoms. The normalized spacial score (nSPS) is 12.6. The van der Waals surface area contributed by atoms with Gasteiger partial charge in [0.05, 0.1) is 11.4 Å². The smallest absolute Gasteiger partial charge is 0.173 e. The highest BCUT2D eigenvalue weighted by Gasteiger charge is 2.09. The van der Waals surface area contributed by atoms with Crippen molar-refractivity contribution in [2.75, 3.05) is 6.54 Å². The van der Waals surface area contributed by atoms with Gasteiger partial charge in [0.2, 0.25) is 0 Å². The molecule has 0 saturated carbocycles. The molecule has 0 fully saturated rings. The summed E-state index contributed by atoms with van der Waals surface area (Å²) in [5.74, 6) is 0. The van der Waals surface area contributed by atoms with Gasteiger partial charge in [0.1, 0.15) is 0 Å². The van der Waals surface area contributed by atoms with Crippen molar-refractivity contribution in [1.82, 2.24) is 4.72 Å². The maximum Gasteiger partial charge on any atom is 0.173 e. The lowest BCUT2D eigenvalue weighted by molar-refractivity contribution is 0.570. The minimum atomic E-state index is -1.05. The molecule has 1 N–H and O–H groups in total. The van der Waals surface area contributed by atoms with E-state index in [1.54, 1.807) is 0 Å². The molecule has 0 spiro atoms. The third-order valence-corrected chi connectivity index (χ3v) is 3.92. The van der Waals surface area contributed by atoms with E-state index in [0.717, 1.165) is 17.9 Å². The number of rotatable bonds is 8. The minimum Gasteiger partial charge on any atom is -0.593 e. The lowest BCUT2D eigenvalue weighted by atomic mass is 10.2. The summed E-state index contributed by atoms with van der Waals surface area (Å²) in [6.07, 6.45) is 6.20. The molecular weight excluding hydrogens is 230 g/mol. The van der Waals surface area contributed by atoms with Crippen LogP contribution in [0.3, 0.4) is 0 Å². The Kier molecular flexibility index (Phi) is 7.33. The molecule has 0 heterocycles. The molecular formula is C14H23NOS. The van der Waals surface area contributed by atoms with Gasteiger partial charge < -0.3 is 4.55 Å². The third-order valence-electron chi connectivity index (χ3n) is 2.75. The van der Waals surface area contributed by atoms with Gasteiger partial charge in [0, 0.05) is 6.54 Å². The molecule has 0 aliphatic rings. The van der Waals surface area contributed by atoms with Crippen LogP contribution in [0.5, 0.6) is 0 Å². The molecule has 0 aromatic heterocycles. The second kappa shape index (κ2) is 8.56. The van der Waals surface area contributed by atoms with Crippen molar-refractivity contribution in [2.45, 2.75) is 50.8 Å². The zero-order valence-electron chi connectivity index (χ0n) is 10.9. The summed E-state index contributed by atoms with van der Waals surface area (Å²) < 4.78 is 14.9. The molecule has 1 aromatic carbocycles. The van der Waals surface area contributed by atoms with Crippen molar-refractivity contribution in [1.29, 1.82) is 0 Å². The maximum atomic E-state index is 11.8. The van der Waals surface area contributed by atoms with Gasteiger partial charge >= 0.3 is 0 Å². The van der Waals surface area contributed by atoms with Gasteiger partial charge in [-0.15, -0.1) is 4.72 Å². The first-order chi connectivity index (χ1) is 8.24. The third kappa shape index (κ3) is 6.10. The van der Waals surface area contributed by atoms with E-state index in [0.29, 0.717) is 0 Å². The molecule has 0 radical (unpaired) electrons. The summed E-state index contributed by atoms with van der Waals surface area (Å²) in [6.45, 7) is 5.09. The Bertz CT molecular complexity index is 300. The van der Waals surface area contributed by atoms with Crippen molar-refractivity contribution < 1.29 is 4.55 Å². The highest BCUT2D eigenvalue weighted by atomic mass is 32.2. The van der Waals surface area contributed by atoms with Gasteiger partial charge in [-0.05, 0) is 25.5 Å². The van der Waals surface area contributed by atoms with Crippen LogP contribution in [-0.4, -0.2) is 11.1 Å². The molecule has 1 aromatic rings. The predicted octanol–water partition coefficient (Wildman–Crippen LogP) is 3.58. The Hall–Kier alpha value is -0.510. The monoisotopic (exact) mass is 253 g/mol. The number of benzene rings is 1. The van der Waals surface area contributed by atoms with Crippen LogP contribution >= 0.6 is 0 Å². The Morgan fingerprint density at radius 3 is 2.35 bits per heavy atom. The first kappa shape index (κ1) is 14.6. The van der Waals surface area contributed by atoms with E-state index in [1.807, 2.05) is 31.2 Å². The van der Waals surface area contributed by atoms with E-state index in [9.17, 15) is 4.55 Å². The van der Waals surface area contributed by atoms with Crippen molar-refractivity contribution in [3.63, 3.8) is 0 Å². The molecule has 17 heavy (non-hydrogen) atoms. The van der Waals surface area contributed by atoms with E-state index in [4.69, 9.17) is 0 Å². The molecule has 1 unspecified atom stereocenters. The first-order valence-electron chi connectivity index (χ1n) is 6.46. The summed E-state index contributed by atoms with van der Waals surface area (Å²) >= 11 is -1.05. The molecule has 1 atom stereocenters. The topological polar surface area (TPSA) is 35.1 Å². The predicted molar refractivity (Wildman–Crippen MR) is 74.3 cm³/mol. The second-order valence-electron chi connectivity index (χ2n) is 4.39. The lowest BCUT2D eigenvalue weighted by Crippen LogP contribution is -2.24. The summed E-state index contributed by atoms with van der Waals surface area (Å²) in [5, 5.41) is 0. The highest BCUT2D eigenvalue weighted by molar-refractivity contribution is 7.89.